The van der Waals surface area contributed by atoms with Crippen LogP contribution in [0, 0.1) is 13.8 Å². The molecule has 1 heterocycles. The summed E-state index contributed by atoms with van der Waals surface area (Å²) < 4.78 is 41.5. The van der Waals surface area contributed by atoms with Gasteiger partial charge in [-0.25, -0.2) is 4.79 Å². The van der Waals surface area contributed by atoms with Crippen molar-refractivity contribution < 1.29 is 23.1 Å². The first-order valence-electron chi connectivity index (χ1n) is 6.86. The predicted molar refractivity (Wildman–Crippen MR) is 82.3 cm³/mol. The lowest BCUT2D eigenvalue weighted by atomic mass is 10.1. The lowest BCUT2D eigenvalue weighted by Crippen LogP contribution is -2.26. The molecule has 0 bridgehead atoms. The molecule has 2 rings (SSSR count). The van der Waals surface area contributed by atoms with Crippen LogP contribution in [-0.2, 0) is 7.05 Å². The van der Waals surface area contributed by atoms with Gasteiger partial charge in [-0.3, -0.25) is 10.1 Å². The lowest BCUT2D eigenvalue weighted by molar-refractivity contribution is -0.0582. The Kier molecular flexibility index (Phi) is 4.63. The van der Waals surface area contributed by atoms with Crippen molar-refractivity contribution in [2.75, 3.05) is 5.43 Å². The van der Waals surface area contributed by atoms with Crippen molar-refractivity contribution >= 4 is 17.4 Å². The van der Waals surface area contributed by atoms with Crippen LogP contribution in [0.15, 0.2) is 29.4 Å². The van der Waals surface area contributed by atoms with Crippen LogP contribution in [0.2, 0.25) is 0 Å². The maximum Gasteiger partial charge on any atom is 0.435 e. The number of aromatic nitrogens is 2. The van der Waals surface area contributed by atoms with Gasteiger partial charge in [-0.05, 0) is 32.0 Å². The van der Waals surface area contributed by atoms with Crippen LogP contribution in [0.1, 0.15) is 27.3 Å². The van der Waals surface area contributed by atoms with Crippen LogP contribution >= 0.6 is 0 Å². The van der Waals surface area contributed by atoms with Crippen molar-refractivity contribution in [3.63, 3.8) is 0 Å². The molecular weight excluding hydrogens is 325 g/mol. The van der Waals surface area contributed by atoms with Gasteiger partial charge in [-0.2, -0.15) is 23.4 Å². The molecule has 0 aliphatic carbocycles. The molecule has 0 atom stereocenters. The summed E-state index contributed by atoms with van der Waals surface area (Å²) in [6.45, 7) is 2.98. The van der Waals surface area contributed by atoms with Crippen molar-refractivity contribution in [1.29, 1.82) is 0 Å². The summed E-state index contributed by atoms with van der Waals surface area (Å²) in [6, 6.07) is 5.36. The molecule has 0 spiro atoms. The highest BCUT2D eigenvalue weighted by Gasteiger charge is 2.40. The Bertz CT molecular complexity index is 810. The number of hydrogen-bond donors (Lipinski definition) is 2. The van der Waals surface area contributed by atoms with Gasteiger partial charge in [0.15, 0.2) is 5.71 Å². The lowest BCUT2D eigenvalue weighted by Gasteiger charge is -2.12. The molecule has 0 fully saturated rings. The molecular formula is C15H15F3N4O2. The van der Waals surface area contributed by atoms with Crippen LogP contribution in [0.3, 0.4) is 0 Å². The Morgan fingerprint density at radius 3 is 2.50 bits per heavy atom. The number of carboxylic acids is 1. The molecule has 24 heavy (non-hydrogen) atoms. The zero-order valence-electron chi connectivity index (χ0n) is 13.1. The van der Waals surface area contributed by atoms with Crippen LogP contribution in [0.25, 0.3) is 0 Å². The second-order valence-corrected chi connectivity index (χ2v) is 5.13. The van der Waals surface area contributed by atoms with E-state index in [1.165, 1.54) is 42.8 Å². The molecule has 1 aromatic heterocycles. The molecule has 0 amide bonds. The average Bonchev–Trinajstić information content (AvgIpc) is 2.73. The number of halogens is 3. The summed E-state index contributed by atoms with van der Waals surface area (Å²) in [5.41, 5.74) is 1.65. The van der Waals surface area contributed by atoms with Gasteiger partial charge >= 0.3 is 12.1 Å². The number of hydrogen-bond acceptors (Lipinski definition) is 4. The Morgan fingerprint density at radius 2 is 2.00 bits per heavy atom. The molecule has 2 N–H and O–H groups in total. The smallest absolute Gasteiger partial charge is 0.435 e. The molecule has 0 unspecified atom stereocenters. The van der Waals surface area contributed by atoms with Gasteiger partial charge in [0, 0.05) is 12.7 Å². The summed E-state index contributed by atoms with van der Waals surface area (Å²) in [7, 11) is 1.55. The summed E-state index contributed by atoms with van der Waals surface area (Å²) in [4.78, 5) is 10.9. The topological polar surface area (TPSA) is 79.5 Å². The van der Waals surface area contributed by atoms with Crippen LogP contribution in [0.4, 0.5) is 18.9 Å². The van der Waals surface area contributed by atoms with Gasteiger partial charge in [-0.1, -0.05) is 6.07 Å². The van der Waals surface area contributed by atoms with E-state index in [2.05, 4.69) is 15.6 Å². The molecule has 0 aliphatic heterocycles. The minimum Gasteiger partial charge on any atom is -0.478 e. The van der Waals surface area contributed by atoms with Gasteiger partial charge in [0.05, 0.1) is 22.5 Å². The largest absolute Gasteiger partial charge is 0.478 e. The first-order valence-corrected chi connectivity index (χ1v) is 6.86. The predicted octanol–water partition coefficient (Wildman–Crippen LogP) is 3.11. The first kappa shape index (κ1) is 17.5. The standard InChI is InChI=1S/C15H15F3N4O2/c1-8-12(9(2)22(3)21-8)13(15(16,17)18)20-19-11-6-4-5-10(7-11)14(23)24/h4-7,19H,1-3H3,(H,23,24)/b20-13-. The van der Waals surface area contributed by atoms with E-state index >= 15 is 0 Å². The minimum atomic E-state index is -4.70. The van der Waals surface area contributed by atoms with E-state index < -0.39 is 17.9 Å². The van der Waals surface area contributed by atoms with Crippen molar-refractivity contribution in [1.82, 2.24) is 9.78 Å². The molecule has 0 saturated heterocycles. The van der Waals surface area contributed by atoms with E-state index in [9.17, 15) is 18.0 Å². The van der Waals surface area contributed by atoms with Crippen LogP contribution in [0.5, 0.6) is 0 Å². The third-order valence-corrected chi connectivity index (χ3v) is 3.42. The number of aryl methyl sites for hydroxylation is 2. The molecule has 9 heteroatoms. The summed E-state index contributed by atoms with van der Waals surface area (Å²) in [6.07, 6.45) is -4.70. The second kappa shape index (κ2) is 6.34. The Balaban J connectivity index is 2.45. The summed E-state index contributed by atoms with van der Waals surface area (Å²) in [5.74, 6) is -1.18. The molecule has 6 nitrogen and oxygen atoms in total. The van der Waals surface area contributed by atoms with Crippen LogP contribution < -0.4 is 5.43 Å². The fraction of sp³-hybridized carbons (Fsp3) is 0.267. The van der Waals surface area contributed by atoms with E-state index in [1.807, 2.05) is 0 Å². The van der Waals surface area contributed by atoms with E-state index in [-0.39, 0.29) is 22.5 Å². The second-order valence-electron chi connectivity index (χ2n) is 5.13. The normalized spacial score (nSPS) is 12.3. The number of nitrogens with zero attached hydrogens (tertiary/aromatic N) is 3. The molecule has 0 saturated carbocycles. The number of aromatic carboxylic acids is 1. The number of nitrogens with one attached hydrogen (secondary N) is 1. The van der Waals surface area contributed by atoms with Gasteiger partial charge in [0.1, 0.15) is 0 Å². The third kappa shape index (κ3) is 3.55. The highest BCUT2D eigenvalue weighted by atomic mass is 19.4. The van der Waals surface area contributed by atoms with E-state index in [0.717, 1.165) is 0 Å². The van der Waals surface area contributed by atoms with E-state index in [4.69, 9.17) is 5.11 Å². The number of hydrazone groups is 1. The average molecular weight is 340 g/mol. The highest BCUT2D eigenvalue weighted by molar-refractivity contribution is 6.06. The summed E-state index contributed by atoms with van der Waals surface area (Å²) in [5, 5.41) is 16.3. The van der Waals surface area contributed by atoms with E-state index in [1.54, 1.807) is 7.05 Å². The van der Waals surface area contributed by atoms with Crippen molar-refractivity contribution in [2.45, 2.75) is 20.0 Å². The molecule has 2 aromatic rings. The minimum absolute atomic E-state index is 0.0579. The molecule has 0 radical (unpaired) electrons. The van der Waals surface area contributed by atoms with Crippen LogP contribution in [-0.4, -0.2) is 32.7 Å². The molecule has 0 aliphatic rings. The maximum absolute atomic E-state index is 13.4. The first-order chi connectivity index (χ1) is 11.1. The maximum atomic E-state index is 13.4. The van der Waals surface area contributed by atoms with Gasteiger partial charge in [-0.15, -0.1) is 0 Å². The third-order valence-electron chi connectivity index (χ3n) is 3.42. The number of benzene rings is 1. The molecule has 1 aromatic carbocycles. The Labute approximate surface area is 135 Å². The van der Waals surface area contributed by atoms with Gasteiger partial charge in [0.25, 0.3) is 0 Å². The molecule has 128 valence electrons. The van der Waals surface area contributed by atoms with Crippen molar-refractivity contribution in [2.24, 2.45) is 12.1 Å². The quantitative estimate of drug-likeness (QED) is 0.662. The zero-order valence-corrected chi connectivity index (χ0v) is 13.1. The number of alkyl halides is 3. The Morgan fingerprint density at radius 1 is 1.33 bits per heavy atom. The Hall–Kier alpha value is -2.84. The van der Waals surface area contributed by atoms with E-state index in [0.29, 0.717) is 5.69 Å². The monoisotopic (exact) mass is 340 g/mol. The van der Waals surface area contributed by atoms with Crippen molar-refractivity contribution in [3.05, 3.63) is 46.8 Å². The number of rotatable bonds is 4. The van der Waals surface area contributed by atoms with Gasteiger partial charge < -0.3 is 5.11 Å². The zero-order chi connectivity index (χ0) is 18.1. The summed E-state index contributed by atoms with van der Waals surface area (Å²) >= 11 is 0. The SMILES string of the molecule is Cc1nn(C)c(C)c1/C(=N/Nc1cccc(C(=O)O)c1)C(F)(F)F. The van der Waals surface area contributed by atoms with Gasteiger partial charge in [0.2, 0.25) is 0 Å². The number of carbonyl (C=O) groups is 1. The fourth-order valence-electron chi connectivity index (χ4n) is 2.22. The highest BCUT2D eigenvalue weighted by Crippen LogP contribution is 2.26. The fourth-order valence-corrected chi connectivity index (χ4v) is 2.22. The number of carboxylic acid groups (broad SMARTS) is 1. The van der Waals surface area contributed by atoms with Crippen molar-refractivity contribution in [3.8, 4) is 0 Å². The number of anilines is 1.